The van der Waals surface area contributed by atoms with E-state index in [9.17, 15) is 9.90 Å². The second-order valence-electron chi connectivity index (χ2n) is 9.68. The first kappa shape index (κ1) is 24.1. The molecular formula is C24H28BrCl2N5O2. The zero-order valence-corrected chi connectivity index (χ0v) is 21.9. The van der Waals surface area contributed by atoms with Gasteiger partial charge in [-0.3, -0.25) is 4.79 Å². The number of hydrogen-bond donors (Lipinski definition) is 2. The Morgan fingerprint density at radius 3 is 2.74 bits per heavy atom. The Hall–Kier alpha value is -1.61. The Kier molecular flexibility index (Phi) is 7.21. The fourth-order valence-electron chi connectivity index (χ4n) is 5.30. The number of anilines is 2. The van der Waals surface area contributed by atoms with E-state index in [0.29, 0.717) is 34.5 Å². The maximum atomic E-state index is 11.1. The molecular weight excluding hydrogens is 541 g/mol. The molecule has 0 bridgehead atoms. The summed E-state index contributed by atoms with van der Waals surface area (Å²) in [4.78, 5) is 25.2. The molecule has 3 heterocycles. The van der Waals surface area contributed by atoms with Crippen LogP contribution in [0, 0.1) is 17.8 Å². The molecule has 1 aromatic heterocycles. The molecule has 3 aliphatic rings. The third-order valence-corrected chi connectivity index (χ3v) is 8.69. The minimum atomic E-state index is -0.640. The summed E-state index contributed by atoms with van der Waals surface area (Å²) in [7, 11) is 0. The Labute approximate surface area is 218 Å². The van der Waals surface area contributed by atoms with Crippen LogP contribution in [-0.2, 0) is 11.3 Å². The number of benzene rings is 1. The topological polar surface area (TPSA) is 81.6 Å². The number of halogens is 3. The van der Waals surface area contributed by atoms with Crippen molar-refractivity contribution in [1.82, 2.24) is 14.9 Å². The van der Waals surface area contributed by atoms with Gasteiger partial charge in [-0.25, -0.2) is 4.98 Å². The highest BCUT2D eigenvalue weighted by Gasteiger charge is 2.42. The van der Waals surface area contributed by atoms with Gasteiger partial charge in [0.25, 0.3) is 0 Å². The molecule has 34 heavy (non-hydrogen) atoms. The number of carboxylic acids is 1. The van der Waals surface area contributed by atoms with Gasteiger partial charge in [0, 0.05) is 48.5 Å². The van der Waals surface area contributed by atoms with Gasteiger partial charge < -0.3 is 20.2 Å². The lowest BCUT2D eigenvalue weighted by Crippen LogP contribution is -2.56. The molecule has 0 spiro atoms. The van der Waals surface area contributed by atoms with E-state index in [1.54, 1.807) is 12.3 Å². The number of likely N-dealkylation sites (tertiary alicyclic amines) is 1. The highest BCUT2D eigenvalue weighted by Crippen LogP contribution is 2.38. The van der Waals surface area contributed by atoms with Crippen LogP contribution >= 0.6 is 39.1 Å². The van der Waals surface area contributed by atoms with Crippen molar-refractivity contribution in [3.05, 3.63) is 44.5 Å². The molecule has 5 rings (SSSR count). The first-order valence-electron chi connectivity index (χ1n) is 11.8. The number of piperidine rings is 1. The van der Waals surface area contributed by atoms with E-state index >= 15 is 0 Å². The average Bonchev–Trinajstić information content (AvgIpc) is 2.73. The van der Waals surface area contributed by atoms with Crippen LogP contribution in [0.2, 0.25) is 10.0 Å². The van der Waals surface area contributed by atoms with E-state index in [1.807, 2.05) is 12.1 Å². The van der Waals surface area contributed by atoms with Crippen LogP contribution in [-0.4, -0.2) is 58.2 Å². The third kappa shape index (κ3) is 5.15. The standard InChI is InChI=1S/C24H28BrCl2N5O2/c25-20-10-29-24(30-22(20)28-9-14-3-4-18(26)8-21(14)27)32-12-17(13-32)15-2-1-5-31(11-15)19-6-16(7-19)23(33)34/h3-4,8,10,15-17,19H,1-2,5-7,9,11-13H2,(H,33,34)(H,28,29,30). The van der Waals surface area contributed by atoms with Crippen molar-refractivity contribution >= 4 is 56.9 Å². The predicted molar refractivity (Wildman–Crippen MR) is 138 cm³/mol. The monoisotopic (exact) mass is 567 g/mol. The van der Waals surface area contributed by atoms with Crippen molar-refractivity contribution in [2.24, 2.45) is 17.8 Å². The summed E-state index contributed by atoms with van der Waals surface area (Å²) in [5.74, 6) is 1.99. The second-order valence-corrected chi connectivity index (χ2v) is 11.4. The van der Waals surface area contributed by atoms with E-state index in [4.69, 9.17) is 28.2 Å². The van der Waals surface area contributed by atoms with Gasteiger partial charge in [-0.05, 0) is 77.7 Å². The molecule has 2 N–H and O–H groups in total. The number of carboxylic acid groups (broad SMARTS) is 1. The first-order chi connectivity index (χ1) is 16.4. The quantitative estimate of drug-likeness (QED) is 0.477. The number of aromatic nitrogens is 2. The van der Waals surface area contributed by atoms with Crippen LogP contribution in [0.4, 0.5) is 11.8 Å². The van der Waals surface area contributed by atoms with Gasteiger partial charge in [0.2, 0.25) is 5.95 Å². The van der Waals surface area contributed by atoms with Crippen molar-refractivity contribution in [3.63, 3.8) is 0 Å². The van der Waals surface area contributed by atoms with Gasteiger partial charge in [-0.2, -0.15) is 4.98 Å². The predicted octanol–water partition coefficient (Wildman–Crippen LogP) is 5.17. The molecule has 3 fully saturated rings. The minimum absolute atomic E-state index is 0.141. The van der Waals surface area contributed by atoms with Gasteiger partial charge in [0.05, 0.1) is 10.4 Å². The molecule has 1 saturated carbocycles. The summed E-state index contributed by atoms with van der Waals surface area (Å²) in [6.45, 7) is 4.66. The Morgan fingerprint density at radius 2 is 2.00 bits per heavy atom. The summed E-state index contributed by atoms with van der Waals surface area (Å²) < 4.78 is 0.807. The van der Waals surface area contributed by atoms with E-state index in [0.717, 1.165) is 60.8 Å². The number of carbonyl (C=O) groups is 1. The van der Waals surface area contributed by atoms with Crippen LogP contribution in [0.15, 0.2) is 28.9 Å². The van der Waals surface area contributed by atoms with Gasteiger partial charge in [0.1, 0.15) is 5.82 Å². The zero-order valence-electron chi connectivity index (χ0n) is 18.8. The van der Waals surface area contributed by atoms with E-state index < -0.39 is 5.97 Å². The van der Waals surface area contributed by atoms with Gasteiger partial charge >= 0.3 is 5.97 Å². The van der Waals surface area contributed by atoms with Crippen molar-refractivity contribution in [2.45, 2.75) is 38.3 Å². The highest BCUT2D eigenvalue weighted by atomic mass is 79.9. The normalized spacial score (nSPS) is 25.5. The smallest absolute Gasteiger partial charge is 0.306 e. The first-order valence-corrected chi connectivity index (χ1v) is 13.3. The fourth-order valence-corrected chi connectivity index (χ4v) is 6.10. The third-order valence-electron chi connectivity index (χ3n) is 7.52. The van der Waals surface area contributed by atoms with Crippen LogP contribution in [0.1, 0.15) is 31.2 Å². The summed E-state index contributed by atoms with van der Waals surface area (Å²) >= 11 is 15.8. The average molecular weight is 569 g/mol. The molecule has 1 unspecified atom stereocenters. The molecule has 1 aromatic carbocycles. The SMILES string of the molecule is O=C(O)C1CC(N2CCCC(C3CN(c4ncc(Br)c(NCc5ccc(Cl)cc5Cl)n4)C3)C2)C1. The largest absolute Gasteiger partial charge is 0.481 e. The molecule has 2 aromatic rings. The number of hydrogen-bond acceptors (Lipinski definition) is 6. The maximum Gasteiger partial charge on any atom is 0.306 e. The number of rotatable bonds is 7. The fraction of sp³-hybridized carbons (Fsp3) is 0.542. The number of aliphatic carboxylic acids is 1. The summed E-state index contributed by atoms with van der Waals surface area (Å²) in [5, 5.41) is 13.8. The van der Waals surface area contributed by atoms with Crippen LogP contribution in [0.3, 0.4) is 0 Å². The Morgan fingerprint density at radius 1 is 1.21 bits per heavy atom. The molecule has 1 atom stereocenters. The molecule has 2 aliphatic heterocycles. The van der Waals surface area contributed by atoms with E-state index in [-0.39, 0.29) is 5.92 Å². The molecule has 182 valence electrons. The maximum absolute atomic E-state index is 11.1. The Balaban J connectivity index is 1.15. The number of nitrogens with one attached hydrogen (secondary N) is 1. The van der Waals surface area contributed by atoms with Gasteiger partial charge in [-0.1, -0.05) is 29.3 Å². The number of nitrogens with zero attached hydrogens (tertiary/aromatic N) is 4. The summed E-state index contributed by atoms with van der Waals surface area (Å²) in [6.07, 6.45) is 5.86. The van der Waals surface area contributed by atoms with E-state index in [1.165, 1.54) is 12.8 Å². The molecule has 1 aliphatic carbocycles. The van der Waals surface area contributed by atoms with Crippen molar-refractivity contribution < 1.29 is 9.90 Å². The second kappa shape index (κ2) is 10.2. The van der Waals surface area contributed by atoms with Crippen LogP contribution < -0.4 is 10.2 Å². The van der Waals surface area contributed by atoms with E-state index in [2.05, 4.69) is 36.0 Å². The van der Waals surface area contributed by atoms with Gasteiger partial charge in [0.15, 0.2) is 0 Å². The van der Waals surface area contributed by atoms with Crippen molar-refractivity contribution in [1.29, 1.82) is 0 Å². The highest BCUT2D eigenvalue weighted by molar-refractivity contribution is 9.10. The summed E-state index contributed by atoms with van der Waals surface area (Å²) in [6, 6.07) is 5.93. The van der Waals surface area contributed by atoms with Gasteiger partial charge in [-0.15, -0.1) is 0 Å². The minimum Gasteiger partial charge on any atom is -0.481 e. The molecule has 10 heteroatoms. The van der Waals surface area contributed by atoms with Crippen molar-refractivity contribution in [3.8, 4) is 0 Å². The molecule has 0 radical (unpaired) electrons. The van der Waals surface area contributed by atoms with Crippen LogP contribution in [0.25, 0.3) is 0 Å². The lowest BCUT2D eigenvalue weighted by Gasteiger charge is -2.50. The Bertz CT molecular complexity index is 1060. The lowest BCUT2D eigenvalue weighted by atomic mass is 9.76. The zero-order chi connectivity index (χ0) is 23.8. The molecule has 0 amide bonds. The van der Waals surface area contributed by atoms with Crippen molar-refractivity contribution in [2.75, 3.05) is 36.4 Å². The lowest BCUT2D eigenvalue weighted by molar-refractivity contribution is -0.147. The molecule has 7 nitrogen and oxygen atoms in total. The molecule has 2 saturated heterocycles. The summed E-state index contributed by atoms with van der Waals surface area (Å²) in [5.41, 5.74) is 0.949. The van der Waals surface area contributed by atoms with Crippen LogP contribution in [0.5, 0.6) is 0 Å².